The van der Waals surface area contributed by atoms with E-state index >= 15 is 0 Å². The van der Waals surface area contributed by atoms with Crippen molar-refractivity contribution < 1.29 is 23.5 Å². The normalized spacial score (nSPS) is 14.2. The summed E-state index contributed by atoms with van der Waals surface area (Å²) in [6.07, 6.45) is 5.01. The average Bonchev–Trinajstić information content (AvgIpc) is 3.24. The van der Waals surface area contributed by atoms with Gasteiger partial charge in [-0.2, -0.15) is 0 Å². The second-order valence-electron chi connectivity index (χ2n) is 6.61. The minimum absolute atomic E-state index is 0.0110. The van der Waals surface area contributed by atoms with Crippen molar-refractivity contribution in [3.8, 4) is 0 Å². The van der Waals surface area contributed by atoms with Crippen LogP contribution >= 0.6 is 0 Å². The maximum absolute atomic E-state index is 12.7. The summed E-state index contributed by atoms with van der Waals surface area (Å²) in [5, 5.41) is 4.88. The standard InChI is InChI=1S/C18H22N4O6/c1-3-27-17(25)13-10(2)28-15-14(13)16(24)22(9-19-15)8-12(23)21-18(26)20-11-6-4-5-7-11/h9,11H,3-8H2,1-2H3,(H2,20,21,23,26). The molecule has 28 heavy (non-hydrogen) atoms. The summed E-state index contributed by atoms with van der Waals surface area (Å²) in [5.41, 5.74) is -0.652. The van der Waals surface area contributed by atoms with Crippen LogP contribution in [-0.2, 0) is 16.1 Å². The van der Waals surface area contributed by atoms with Crippen LogP contribution in [-0.4, -0.2) is 40.1 Å². The lowest BCUT2D eigenvalue weighted by atomic mass is 10.2. The number of nitrogens with one attached hydrogen (secondary N) is 2. The van der Waals surface area contributed by atoms with E-state index in [4.69, 9.17) is 9.15 Å². The molecular formula is C18H22N4O6. The largest absolute Gasteiger partial charge is 0.462 e. The number of urea groups is 1. The molecule has 2 N–H and O–H groups in total. The molecular weight excluding hydrogens is 368 g/mol. The molecule has 0 bridgehead atoms. The first-order valence-corrected chi connectivity index (χ1v) is 9.16. The number of hydrogen-bond donors (Lipinski definition) is 2. The smallest absolute Gasteiger partial charge is 0.342 e. The van der Waals surface area contributed by atoms with Crippen molar-refractivity contribution in [1.82, 2.24) is 20.2 Å². The molecule has 2 aromatic rings. The predicted octanol–water partition coefficient (Wildman–Crippen LogP) is 1.24. The van der Waals surface area contributed by atoms with Crippen molar-refractivity contribution >= 4 is 29.0 Å². The van der Waals surface area contributed by atoms with Gasteiger partial charge in [0.05, 0.1) is 6.61 Å². The van der Waals surface area contributed by atoms with Gasteiger partial charge in [0, 0.05) is 6.04 Å². The van der Waals surface area contributed by atoms with Crippen LogP contribution in [0.25, 0.3) is 11.1 Å². The van der Waals surface area contributed by atoms with E-state index in [0.29, 0.717) is 0 Å². The summed E-state index contributed by atoms with van der Waals surface area (Å²) in [6.45, 7) is 2.88. The highest BCUT2D eigenvalue weighted by Gasteiger charge is 2.24. The van der Waals surface area contributed by atoms with Crippen LogP contribution in [0.15, 0.2) is 15.5 Å². The average molecular weight is 390 g/mol. The van der Waals surface area contributed by atoms with Crippen molar-refractivity contribution in [3.63, 3.8) is 0 Å². The Kier molecular flexibility index (Phi) is 5.76. The van der Waals surface area contributed by atoms with Gasteiger partial charge >= 0.3 is 12.0 Å². The number of aryl methyl sites for hydroxylation is 1. The zero-order chi connectivity index (χ0) is 20.3. The lowest BCUT2D eigenvalue weighted by molar-refractivity contribution is -0.120. The zero-order valence-electron chi connectivity index (χ0n) is 15.7. The molecule has 2 aromatic heterocycles. The van der Waals surface area contributed by atoms with Crippen LogP contribution in [0.4, 0.5) is 4.79 Å². The highest BCUT2D eigenvalue weighted by atomic mass is 16.5. The first-order valence-electron chi connectivity index (χ1n) is 9.16. The van der Waals surface area contributed by atoms with Gasteiger partial charge in [0.15, 0.2) is 0 Å². The van der Waals surface area contributed by atoms with Crippen molar-refractivity contribution in [2.45, 2.75) is 52.1 Å². The van der Waals surface area contributed by atoms with Crippen LogP contribution in [0, 0.1) is 6.92 Å². The number of carbonyl (C=O) groups is 3. The van der Waals surface area contributed by atoms with Crippen LogP contribution in [0.3, 0.4) is 0 Å². The van der Waals surface area contributed by atoms with Gasteiger partial charge in [-0.05, 0) is 26.7 Å². The van der Waals surface area contributed by atoms with Crippen LogP contribution in [0.1, 0.15) is 48.7 Å². The predicted molar refractivity (Wildman–Crippen MR) is 97.9 cm³/mol. The van der Waals surface area contributed by atoms with Gasteiger partial charge in [-0.1, -0.05) is 12.8 Å². The number of furan rings is 1. The Morgan fingerprint density at radius 2 is 2.04 bits per heavy atom. The first-order chi connectivity index (χ1) is 13.4. The van der Waals surface area contributed by atoms with Crippen molar-refractivity contribution in [1.29, 1.82) is 0 Å². The molecule has 0 unspecified atom stereocenters. The molecule has 0 radical (unpaired) electrons. The maximum Gasteiger partial charge on any atom is 0.342 e. The monoisotopic (exact) mass is 390 g/mol. The Morgan fingerprint density at radius 3 is 2.71 bits per heavy atom. The van der Waals surface area contributed by atoms with E-state index in [2.05, 4.69) is 15.6 Å². The molecule has 3 rings (SSSR count). The lowest BCUT2D eigenvalue weighted by Crippen LogP contribution is -2.45. The molecule has 1 aliphatic carbocycles. The summed E-state index contributed by atoms with van der Waals surface area (Å²) in [4.78, 5) is 52.9. The number of esters is 1. The summed E-state index contributed by atoms with van der Waals surface area (Å²) in [6, 6.07) is -0.528. The van der Waals surface area contributed by atoms with Crippen molar-refractivity contribution in [3.05, 3.63) is 28.0 Å². The van der Waals surface area contributed by atoms with Gasteiger partial charge < -0.3 is 14.5 Å². The molecule has 1 fully saturated rings. The molecule has 150 valence electrons. The molecule has 3 amide bonds. The number of rotatable bonds is 5. The first kappa shape index (κ1) is 19.6. The zero-order valence-corrected chi connectivity index (χ0v) is 15.7. The number of amides is 3. The molecule has 10 nitrogen and oxygen atoms in total. The quantitative estimate of drug-likeness (QED) is 0.734. The van der Waals surface area contributed by atoms with E-state index in [-0.39, 0.29) is 35.1 Å². The van der Waals surface area contributed by atoms with E-state index in [0.717, 1.165) is 36.6 Å². The van der Waals surface area contributed by atoms with Crippen LogP contribution in [0.2, 0.25) is 0 Å². The minimum atomic E-state index is -0.698. The molecule has 0 aliphatic heterocycles. The molecule has 2 heterocycles. The fourth-order valence-corrected chi connectivity index (χ4v) is 3.31. The van der Waals surface area contributed by atoms with Crippen molar-refractivity contribution in [2.75, 3.05) is 6.61 Å². The highest BCUT2D eigenvalue weighted by molar-refractivity contribution is 6.03. The minimum Gasteiger partial charge on any atom is -0.462 e. The highest BCUT2D eigenvalue weighted by Crippen LogP contribution is 2.21. The molecule has 0 atom stereocenters. The summed E-state index contributed by atoms with van der Waals surface area (Å²) in [5.74, 6) is -1.16. The second kappa shape index (κ2) is 8.24. The number of nitrogens with zero attached hydrogens (tertiary/aromatic N) is 2. The number of imide groups is 1. The Morgan fingerprint density at radius 1 is 1.32 bits per heavy atom. The van der Waals surface area contributed by atoms with Crippen LogP contribution in [0.5, 0.6) is 0 Å². The number of aromatic nitrogens is 2. The van der Waals surface area contributed by atoms with Gasteiger partial charge in [0.25, 0.3) is 5.56 Å². The Hall–Kier alpha value is -3.17. The van der Waals surface area contributed by atoms with E-state index < -0.39 is 30.0 Å². The molecule has 0 aromatic carbocycles. The third-order valence-corrected chi connectivity index (χ3v) is 4.59. The lowest BCUT2D eigenvalue weighted by Gasteiger charge is -2.12. The number of ether oxygens (including phenoxy) is 1. The van der Waals surface area contributed by atoms with E-state index in [1.807, 2.05) is 0 Å². The SMILES string of the molecule is CCOC(=O)c1c(C)oc2ncn(CC(=O)NC(=O)NC3CCCC3)c(=O)c12. The van der Waals surface area contributed by atoms with Crippen LogP contribution < -0.4 is 16.2 Å². The van der Waals surface area contributed by atoms with Crippen molar-refractivity contribution in [2.24, 2.45) is 0 Å². The van der Waals surface area contributed by atoms with E-state index in [1.165, 1.54) is 6.92 Å². The maximum atomic E-state index is 12.7. The number of carbonyl (C=O) groups excluding carboxylic acids is 3. The van der Waals surface area contributed by atoms with Gasteiger partial charge in [-0.15, -0.1) is 0 Å². The number of hydrogen-bond acceptors (Lipinski definition) is 7. The molecule has 1 aliphatic rings. The Labute approximate surface area is 160 Å². The molecule has 10 heteroatoms. The third kappa shape index (κ3) is 4.05. The summed E-state index contributed by atoms with van der Waals surface area (Å²) >= 11 is 0. The molecule has 0 spiro atoms. The van der Waals surface area contributed by atoms with Gasteiger partial charge in [0.1, 0.15) is 29.6 Å². The third-order valence-electron chi connectivity index (χ3n) is 4.59. The summed E-state index contributed by atoms with van der Waals surface area (Å²) in [7, 11) is 0. The fourth-order valence-electron chi connectivity index (χ4n) is 3.31. The topological polar surface area (TPSA) is 133 Å². The second-order valence-corrected chi connectivity index (χ2v) is 6.61. The Balaban J connectivity index is 1.77. The fraction of sp³-hybridized carbons (Fsp3) is 0.500. The summed E-state index contributed by atoms with van der Waals surface area (Å²) < 4.78 is 11.3. The van der Waals surface area contributed by atoms with Gasteiger partial charge in [0.2, 0.25) is 11.6 Å². The van der Waals surface area contributed by atoms with Gasteiger partial charge in [-0.25, -0.2) is 14.6 Å². The van der Waals surface area contributed by atoms with E-state index in [1.54, 1.807) is 6.92 Å². The molecule has 1 saturated carbocycles. The number of fused-ring (bicyclic) bond motifs is 1. The molecule has 0 saturated heterocycles. The van der Waals surface area contributed by atoms with Gasteiger partial charge in [-0.3, -0.25) is 19.5 Å². The Bertz CT molecular complexity index is 970. The van der Waals surface area contributed by atoms with E-state index in [9.17, 15) is 19.2 Å².